The van der Waals surface area contributed by atoms with E-state index in [4.69, 9.17) is 24.5 Å². The van der Waals surface area contributed by atoms with E-state index in [9.17, 15) is 19.8 Å². The zero-order valence-corrected chi connectivity index (χ0v) is 44.9. The summed E-state index contributed by atoms with van der Waals surface area (Å²) >= 11 is 1.53. The number of phenols is 1. The quantitative estimate of drug-likeness (QED) is 0.0637. The molecule has 5 N–H and O–H groups in total. The molecule has 3 aliphatic heterocycles. The predicted octanol–water partition coefficient (Wildman–Crippen LogP) is 8.03. The van der Waals surface area contributed by atoms with Gasteiger partial charge in [-0.2, -0.15) is 0 Å². The lowest BCUT2D eigenvalue weighted by Crippen LogP contribution is -2.54. The monoisotopic (exact) mass is 1070 g/mol. The smallest absolute Gasteiger partial charge is 0.254 e. The highest BCUT2D eigenvalue weighted by Gasteiger charge is 2.45. The highest BCUT2D eigenvalue weighted by molar-refractivity contribution is 7.13. The number of aryl methyl sites for hydroxylation is 1. The van der Waals surface area contributed by atoms with Crippen molar-refractivity contribution in [2.24, 2.45) is 11.8 Å². The number of β-amino-alcohol motifs (C(OH)–C–C–N with tert-alkyl or cyclic N) is 1. The van der Waals surface area contributed by atoms with Crippen LogP contribution in [0.4, 0.5) is 17.2 Å². The number of rotatable bonds is 18. The molecule has 5 aliphatic rings. The lowest BCUT2D eigenvalue weighted by atomic mass is 9.84. The summed E-state index contributed by atoms with van der Waals surface area (Å²) in [5, 5.41) is 37.0. The number of para-hydroxylation sites is 1. The molecule has 406 valence electrons. The Morgan fingerprint density at radius 1 is 0.870 bits per heavy atom. The third-order valence-electron chi connectivity index (χ3n) is 16.3. The van der Waals surface area contributed by atoms with Gasteiger partial charge in [0.2, 0.25) is 17.7 Å². The molecule has 77 heavy (non-hydrogen) atoms. The average molecular weight is 1070 g/mol. The molecule has 5 aromatic heterocycles. The molecule has 19 nitrogen and oxygen atoms in total. The number of carbonyl (C=O) groups excluding carboxylic acids is 2. The molecule has 3 saturated heterocycles. The van der Waals surface area contributed by atoms with Gasteiger partial charge in [-0.1, -0.05) is 32.0 Å². The molecule has 5 fully saturated rings. The van der Waals surface area contributed by atoms with Crippen molar-refractivity contribution in [1.82, 2.24) is 40.5 Å². The van der Waals surface area contributed by atoms with Gasteiger partial charge in [-0.3, -0.25) is 14.6 Å². The maximum absolute atomic E-state index is 14.2. The number of likely N-dealkylation sites (tertiary alicyclic amines) is 1. The number of nitrogens with two attached hydrogens (primary N) is 1. The molecular formula is C57H69N11O8S. The topological polar surface area (TPSA) is 241 Å². The standard InChI is InChI=1S/C57H69N11O8S/c1-32(2)53(57(72)67-30-40(69)22-48(67)56(71)62-33(3)36-11-16-45(60-27-36)54-34(4)61-31-77-54)50-26-52(65-76-50)73-20-18-35-9-14-41(15-10-35)74-42-23-43(24-42)75-51-21-37(17-19-59-51)68-38-12-13-39(68)29-66(28-38)47-25-46(63-64-55(47)58)44-7-5-6-8-49(44)70/h5-8,11,16-17,19,21,25-27,31-33,35,38-43,48,53,69-70H,9-10,12-15,18,20,22-24,28-30H2,1-4H3,(H2,58,64)(H,62,71)/t33-,35-,38?,39?,40+,41-,42?,43?,48-,53+/m0/s1. The van der Waals surface area contributed by atoms with E-state index in [0.717, 1.165) is 104 Å². The van der Waals surface area contributed by atoms with Crippen molar-refractivity contribution in [1.29, 1.82) is 0 Å². The lowest BCUT2D eigenvalue weighted by molar-refractivity contribution is -0.141. The number of aliphatic hydroxyl groups is 1. The summed E-state index contributed by atoms with van der Waals surface area (Å²) in [5.74, 6) is 0.849. The summed E-state index contributed by atoms with van der Waals surface area (Å²) in [6.45, 7) is 9.79. The number of nitrogen functional groups attached to an aromatic ring is 1. The number of piperazine rings is 1. The Balaban J connectivity index is 0.601. The molecule has 0 spiro atoms. The van der Waals surface area contributed by atoms with E-state index < -0.39 is 18.1 Å². The van der Waals surface area contributed by atoms with Gasteiger partial charge in [-0.15, -0.1) is 21.5 Å². The molecule has 2 bridgehead atoms. The van der Waals surface area contributed by atoms with Crippen LogP contribution in [0.1, 0.15) is 114 Å². The first kappa shape index (κ1) is 52.2. The Labute approximate surface area is 452 Å². The van der Waals surface area contributed by atoms with Crippen molar-refractivity contribution >= 4 is 40.3 Å². The van der Waals surface area contributed by atoms with E-state index in [1.165, 1.54) is 16.2 Å². The molecule has 0 radical (unpaired) electrons. The van der Waals surface area contributed by atoms with Crippen LogP contribution in [0.5, 0.6) is 17.5 Å². The first-order valence-corrected chi connectivity index (χ1v) is 28.2. The number of carbonyl (C=O) groups is 2. The Morgan fingerprint density at radius 3 is 2.39 bits per heavy atom. The largest absolute Gasteiger partial charge is 0.507 e. The van der Waals surface area contributed by atoms with Gasteiger partial charge in [-0.05, 0) is 112 Å². The first-order chi connectivity index (χ1) is 37.3. The maximum Gasteiger partial charge on any atom is 0.254 e. The lowest BCUT2D eigenvalue weighted by Gasteiger charge is -2.43. The van der Waals surface area contributed by atoms with Crippen LogP contribution in [0, 0.1) is 18.8 Å². The Hall–Kier alpha value is -6.90. The van der Waals surface area contributed by atoms with Gasteiger partial charge in [0.15, 0.2) is 11.6 Å². The summed E-state index contributed by atoms with van der Waals surface area (Å²) in [7, 11) is 0. The van der Waals surface area contributed by atoms with E-state index in [1.54, 1.807) is 29.9 Å². The number of hydrogen-bond acceptors (Lipinski definition) is 18. The summed E-state index contributed by atoms with van der Waals surface area (Å²) in [5.41, 5.74) is 13.9. The minimum Gasteiger partial charge on any atom is -0.507 e. The van der Waals surface area contributed by atoms with Gasteiger partial charge in [0.1, 0.15) is 23.8 Å². The maximum atomic E-state index is 14.2. The minimum atomic E-state index is -0.844. The van der Waals surface area contributed by atoms with Crippen molar-refractivity contribution in [2.75, 3.05) is 41.8 Å². The van der Waals surface area contributed by atoms with E-state index in [2.05, 4.69) is 57.6 Å². The molecular weight excluding hydrogens is 999 g/mol. The number of aromatic nitrogens is 6. The second kappa shape index (κ2) is 22.6. The molecule has 8 heterocycles. The fourth-order valence-corrected chi connectivity index (χ4v) is 12.9. The molecule has 2 unspecified atom stereocenters. The second-order valence-corrected chi connectivity index (χ2v) is 22.8. The number of amides is 2. The van der Waals surface area contributed by atoms with Crippen molar-refractivity contribution in [3.8, 4) is 39.3 Å². The predicted molar refractivity (Wildman–Crippen MR) is 291 cm³/mol. The number of nitrogens with one attached hydrogen (secondary N) is 1. The van der Waals surface area contributed by atoms with Crippen LogP contribution >= 0.6 is 11.3 Å². The molecule has 1 aromatic carbocycles. The summed E-state index contributed by atoms with van der Waals surface area (Å²) in [6, 6.07) is 18.1. The average Bonchev–Trinajstić information content (AvgIpc) is 4.22. The second-order valence-electron chi connectivity index (χ2n) is 22.0. The van der Waals surface area contributed by atoms with Crippen LogP contribution in [0.2, 0.25) is 0 Å². The highest BCUT2D eigenvalue weighted by Crippen LogP contribution is 2.41. The number of hydrogen-bond donors (Lipinski definition) is 4. The van der Waals surface area contributed by atoms with Crippen molar-refractivity contribution in [3.05, 3.63) is 95.6 Å². The highest BCUT2D eigenvalue weighted by atomic mass is 32.1. The van der Waals surface area contributed by atoms with E-state index in [-0.39, 0.29) is 72.9 Å². The zero-order chi connectivity index (χ0) is 53.3. The van der Waals surface area contributed by atoms with Crippen molar-refractivity contribution < 1.29 is 38.5 Å². The number of aliphatic hydroxyl groups excluding tert-OH is 1. The molecule has 6 aromatic rings. The third-order valence-corrected chi connectivity index (χ3v) is 17.3. The Bertz CT molecular complexity index is 3000. The number of thiazole rings is 1. The SMILES string of the molecule is Cc1ncsc1-c1ccc([C@H](C)NC(=O)[C@@H]2C[C@@H](O)CN2C(=O)[C@@H](c2cc(OCC[C@H]3CC[C@H](OC4CC(Oc5cc(N6C7CCC6CN(c6cc(-c8ccccc8O)nnc6N)C7)ccn5)C4)CC3)no2)C(C)C)cn1. The third kappa shape index (κ3) is 11.4. The van der Waals surface area contributed by atoms with Crippen LogP contribution in [-0.2, 0) is 14.3 Å². The summed E-state index contributed by atoms with van der Waals surface area (Å²) in [6.07, 6.45) is 12.2. The van der Waals surface area contributed by atoms with Gasteiger partial charge >= 0.3 is 0 Å². The van der Waals surface area contributed by atoms with Gasteiger partial charge < -0.3 is 54.7 Å². The normalized spacial score (nSPS) is 24.9. The molecule has 2 saturated carbocycles. The van der Waals surface area contributed by atoms with Gasteiger partial charge in [0.25, 0.3) is 5.88 Å². The number of ether oxygens (including phenoxy) is 3. The number of phenolic OH excluding ortho intramolecular Hbond substituents is 1. The van der Waals surface area contributed by atoms with Crippen molar-refractivity contribution in [2.45, 2.75) is 146 Å². The number of pyridine rings is 2. The number of benzene rings is 1. The Morgan fingerprint density at radius 2 is 1.66 bits per heavy atom. The fraction of sp³-hybridized carbons (Fsp3) is 0.509. The summed E-state index contributed by atoms with van der Waals surface area (Å²) in [4.78, 5) is 48.8. The molecule has 11 rings (SSSR count). The van der Waals surface area contributed by atoms with E-state index in [1.807, 2.05) is 64.2 Å². The minimum absolute atomic E-state index is 0.0460. The van der Waals surface area contributed by atoms with Crippen LogP contribution in [0.15, 0.2) is 83.1 Å². The number of anilines is 3. The summed E-state index contributed by atoms with van der Waals surface area (Å²) < 4.78 is 24.8. The van der Waals surface area contributed by atoms with E-state index >= 15 is 0 Å². The molecule has 2 aliphatic carbocycles. The van der Waals surface area contributed by atoms with Gasteiger partial charge in [0.05, 0.1) is 64.1 Å². The fourth-order valence-electron chi connectivity index (χ4n) is 12.1. The van der Waals surface area contributed by atoms with Crippen LogP contribution in [-0.4, -0.2) is 126 Å². The molecule has 2 amide bonds. The van der Waals surface area contributed by atoms with Crippen molar-refractivity contribution in [3.63, 3.8) is 0 Å². The van der Waals surface area contributed by atoms with Crippen LogP contribution < -0.4 is 30.3 Å². The Kier molecular flexibility index (Phi) is 15.3. The van der Waals surface area contributed by atoms with Crippen LogP contribution in [0.25, 0.3) is 21.8 Å². The number of fused-ring (bicyclic) bond motifs is 2. The molecule has 20 heteroatoms. The number of nitrogens with zero attached hydrogens (tertiary/aromatic N) is 9. The van der Waals surface area contributed by atoms with Gasteiger partial charge in [0, 0.05) is 86.8 Å². The first-order valence-electron chi connectivity index (χ1n) is 27.3. The molecule has 6 atom stereocenters. The number of aromatic hydroxyl groups is 1. The zero-order valence-electron chi connectivity index (χ0n) is 44.1. The van der Waals surface area contributed by atoms with Crippen LogP contribution in [0.3, 0.4) is 0 Å². The van der Waals surface area contributed by atoms with Gasteiger partial charge in [-0.25, -0.2) is 9.97 Å². The van der Waals surface area contributed by atoms with E-state index in [0.29, 0.717) is 47.1 Å².